The second-order valence-electron chi connectivity index (χ2n) is 7.00. The van der Waals surface area contributed by atoms with Gasteiger partial charge >= 0.3 is 0 Å². The van der Waals surface area contributed by atoms with Crippen molar-refractivity contribution >= 4 is 63.2 Å². The third-order valence-electron chi connectivity index (χ3n) is 5.25. The van der Waals surface area contributed by atoms with Gasteiger partial charge in [0.15, 0.2) is 0 Å². The maximum atomic E-state index is 6.52. The van der Waals surface area contributed by atoms with Crippen LogP contribution in [-0.4, -0.2) is 18.0 Å². The molecule has 5 heteroatoms. The van der Waals surface area contributed by atoms with Crippen LogP contribution in [0.25, 0.3) is 32.8 Å². The number of hydrogen-bond donors (Lipinski definition) is 0. The van der Waals surface area contributed by atoms with E-state index in [1.54, 1.807) is 0 Å². The van der Waals surface area contributed by atoms with E-state index >= 15 is 0 Å². The van der Waals surface area contributed by atoms with Gasteiger partial charge in [0.1, 0.15) is 13.2 Å². The Bertz CT molecular complexity index is 1200. The van der Waals surface area contributed by atoms with Crippen LogP contribution < -0.4 is 10.4 Å². The smallest absolute Gasteiger partial charge is 0.218 e. The van der Waals surface area contributed by atoms with E-state index in [9.17, 15) is 0 Å². The molecule has 1 aliphatic rings. The molecule has 0 saturated heterocycles. The average Bonchev–Trinajstić information content (AvgIpc) is 2.82. The van der Waals surface area contributed by atoms with Crippen LogP contribution in [0, 0.1) is 0 Å². The third-order valence-corrected chi connectivity index (χ3v) is 9.35. The van der Waals surface area contributed by atoms with Crippen LogP contribution in [0.1, 0.15) is 0 Å². The second kappa shape index (κ2) is 5.04. The average molecular weight is 381 g/mol. The second-order valence-corrected chi connectivity index (χ2v) is 12.0. The minimum absolute atomic E-state index is 0.208. The Hall–Kier alpha value is -1.94. The monoisotopic (exact) mass is 380 g/mol. The van der Waals surface area contributed by atoms with Gasteiger partial charge in [0.05, 0.1) is 5.69 Å². The largest absolute Gasteiger partial charge is 0.224 e. The molecule has 5 rings (SSSR count). The van der Waals surface area contributed by atoms with E-state index in [1.165, 1.54) is 26.7 Å². The van der Waals surface area contributed by atoms with Crippen molar-refractivity contribution in [1.29, 1.82) is 0 Å². The highest BCUT2D eigenvalue weighted by molar-refractivity contribution is 7.06. The number of halogens is 2. The first-order valence-corrected chi connectivity index (χ1v) is 11.9. The van der Waals surface area contributed by atoms with Crippen LogP contribution in [0.15, 0.2) is 48.5 Å². The van der Waals surface area contributed by atoms with Crippen molar-refractivity contribution in [1.82, 2.24) is 9.97 Å². The molecule has 1 aliphatic heterocycles. The van der Waals surface area contributed by atoms with E-state index < -0.39 is 8.07 Å². The summed E-state index contributed by atoms with van der Waals surface area (Å²) in [5.74, 6) is 0. The van der Waals surface area contributed by atoms with Gasteiger partial charge in [0, 0.05) is 10.8 Å². The third kappa shape index (κ3) is 1.97. The van der Waals surface area contributed by atoms with E-state index in [-0.39, 0.29) is 5.28 Å². The van der Waals surface area contributed by atoms with Crippen LogP contribution in [0.2, 0.25) is 23.5 Å². The summed E-state index contributed by atoms with van der Waals surface area (Å²) in [7, 11) is -2.05. The van der Waals surface area contributed by atoms with Crippen LogP contribution in [0.4, 0.5) is 0 Å². The number of aromatic nitrogens is 2. The van der Waals surface area contributed by atoms with Gasteiger partial charge < -0.3 is 0 Å². The number of fused-ring (bicyclic) bond motifs is 7. The van der Waals surface area contributed by atoms with Crippen LogP contribution >= 0.6 is 23.2 Å². The van der Waals surface area contributed by atoms with Gasteiger partial charge in [-0.2, -0.15) is 0 Å². The fraction of sp³-hybridized carbons (Fsp3) is 0.100. The predicted octanol–water partition coefficient (Wildman–Crippen LogP) is 4.89. The molecule has 0 atom stereocenters. The summed E-state index contributed by atoms with van der Waals surface area (Å²) < 4.78 is 0. The van der Waals surface area contributed by atoms with Crippen molar-refractivity contribution in [2.24, 2.45) is 0 Å². The molecule has 4 aromatic rings. The molecule has 1 aromatic heterocycles. The summed E-state index contributed by atoms with van der Waals surface area (Å²) in [6.45, 7) is 4.64. The molecule has 0 amide bonds. The predicted molar refractivity (Wildman–Crippen MR) is 109 cm³/mol. The topological polar surface area (TPSA) is 25.8 Å². The van der Waals surface area contributed by atoms with Gasteiger partial charge in [-0.1, -0.05) is 73.2 Å². The normalized spacial score (nSPS) is 14.7. The fourth-order valence-corrected chi connectivity index (χ4v) is 8.70. The molecular weight excluding hydrogens is 367 g/mol. The Morgan fingerprint density at radius 2 is 1.52 bits per heavy atom. The zero-order chi connectivity index (χ0) is 17.3. The summed E-state index contributed by atoms with van der Waals surface area (Å²) >= 11 is 12.6. The summed E-state index contributed by atoms with van der Waals surface area (Å²) in [4.78, 5) is 8.76. The van der Waals surface area contributed by atoms with E-state index in [0.29, 0.717) is 5.15 Å². The van der Waals surface area contributed by atoms with Crippen LogP contribution in [0.3, 0.4) is 0 Å². The molecule has 0 aliphatic carbocycles. The SMILES string of the molecule is C[Si]1(C)c2c(Cl)nc(Cl)nc2-c2ccc3ccc4ccccc4c3c21. The summed E-state index contributed by atoms with van der Waals surface area (Å²) in [5, 5.41) is 8.28. The van der Waals surface area contributed by atoms with Gasteiger partial charge in [0.25, 0.3) is 0 Å². The van der Waals surface area contributed by atoms with Gasteiger partial charge in [-0.05, 0) is 38.3 Å². The highest BCUT2D eigenvalue weighted by atomic mass is 35.5. The van der Waals surface area contributed by atoms with E-state index in [2.05, 4.69) is 71.6 Å². The van der Waals surface area contributed by atoms with Crippen molar-refractivity contribution in [3.63, 3.8) is 0 Å². The summed E-state index contributed by atoms with van der Waals surface area (Å²) in [6.07, 6.45) is 0. The Balaban J connectivity index is 2.03. The first-order valence-electron chi connectivity index (χ1n) is 8.17. The molecule has 25 heavy (non-hydrogen) atoms. The first kappa shape index (κ1) is 15.3. The Morgan fingerprint density at radius 1 is 0.800 bits per heavy atom. The molecule has 0 fully saturated rings. The van der Waals surface area contributed by atoms with Gasteiger partial charge in [-0.25, -0.2) is 9.97 Å². The lowest BCUT2D eigenvalue weighted by molar-refractivity contribution is 1.19. The molecule has 0 saturated carbocycles. The summed E-state index contributed by atoms with van der Waals surface area (Å²) in [6, 6.07) is 17.3. The number of benzene rings is 3. The van der Waals surface area contributed by atoms with Gasteiger partial charge in [-0.3, -0.25) is 0 Å². The van der Waals surface area contributed by atoms with E-state index in [1.807, 2.05) is 0 Å². The Morgan fingerprint density at radius 3 is 2.36 bits per heavy atom. The lowest BCUT2D eigenvalue weighted by atomic mass is 9.99. The number of nitrogens with zero attached hydrogens (tertiary/aromatic N) is 2. The number of hydrogen-bond acceptors (Lipinski definition) is 2. The molecule has 2 heterocycles. The first-order chi connectivity index (χ1) is 12.0. The van der Waals surface area contributed by atoms with Crippen molar-refractivity contribution in [2.45, 2.75) is 13.1 Å². The molecule has 0 unspecified atom stereocenters. The molecule has 2 nitrogen and oxygen atoms in total. The van der Waals surface area contributed by atoms with Crippen molar-refractivity contribution in [2.75, 3.05) is 0 Å². The summed E-state index contributed by atoms with van der Waals surface area (Å²) in [5.41, 5.74) is 2.06. The molecular formula is C20H14Cl2N2Si. The lowest BCUT2D eigenvalue weighted by Gasteiger charge is -2.21. The molecule has 0 spiro atoms. The fourth-order valence-electron chi connectivity index (χ4n) is 4.23. The molecule has 122 valence electrons. The minimum Gasteiger partial charge on any atom is -0.218 e. The highest BCUT2D eigenvalue weighted by Gasteiger charge is 2.42. The van der Waals surface area contributed by atoms with Crippen LogP contribution in [-0.2, 0) is 0 Å². The van der Waals surface area contributed by atoms with Gasteiger partial charge in [-0.15, -0.1) is 0 Å². The standard InChI is InChI=1S/C20H14Cl2N2Si/c1-25(2)17-14(16-18(25)19(21)24-20(22)23-16)10-9-12-8-7-11-5-3-4-6-13(11)15(12)17/h3-10H,1-2H3. The zero-order valence-electron chi connectivity index (χ0n) is 13.8. The minimum atomic E-state index is -2.05. The van der Waals surface area contributed by atoms with E-state index in [4.69, 9.17) is 23.2 Å². The highest BCUT2D eigenvalue weighted by Crippen LogP contribution is 2.36. The quantitative estimate of drug-likeness (QED) is 0.188. The van der Waals surface area contributed by atoms with Crippen molar-refractivity contribution in [3.8, 4) is 11.3 Å². The van der Waals surface area contributed by atoms with E-state index in [0.717, 1.165) is 16.4 Å². The maximum absolute atomic E-state index is 6.52. The number of rotatable bonds is 0. The molecule has 0 radical (unpaired) electrons. The zero-order valence-corrected chi connectivity index (χ0v) is 16.3. The van der Waals surface area contributed by atoms with Crippen molar-refractivity contribution in [3.05, 3.63) is 59.0 Å². The maximum Gasteiger partial charge on any atom is 0.224 e. The Labute approximate surface area is 156 Å². The lowest BCUT2D eigenvalue weighted by Crippen LogP contribution is -2.50. The van der Waals surface area contributed by atoms with Crippen molar-refractivity contribution < 1.29 is 0 Å². The molecule has 3 aromatic carbocycles. The van der Waals surface area contributed by atoms with Crippen LogP contribution in [0.5, 0.6) is 0 Å². The Kier molecular flexibility index (Phi) is 3.09. The molecule has 0 bridgehead atoms. The molecule has 0 N–H and O–H groups in total. The van der Waals surface area contributed by atoms with Gasteiger partial charge in [0.2, 0.25) is 5.28 Å².